The van der Waals surface area contributed by atoms with Gasteiger partial charge >= 0.3 is 6.18 Å². The molecule has 1 aromatic carbocycles. The second kappa shape index (κ2) is 9.90. The molecule has 0 aliphatic carbocycles. The van der Waals surface area contributed by atoms with Gasteiger partial charge in [-0.25, -0.2) is 4.98 Å². The number of hydrogen-bond donors (Lipinski definition) is 2. The predicted molar refractivity (Wildman–Crippen MR) is 126 cm³/mol. The fourth-order valence-corrected chi connectivity index (χ4v) is 4.48. The number of carbonyl (C=O) groups is 2. The molecule has 0 saturated heterocycles. The van der Waals surface area contributed by atoms with Gasteiger partial charge in [-0.3, -0.25) is 9.59 Å². The molecule has 0 spiro atoms. The first-order valence-electron chi connectivity index (χ1n) is 10.6. The number of hydrogen-bond acceptors (Lipinski definition) is 7. The van der Waals surface area contributed by atoms with Crippen LogP contribution in [0.3, 0.4) is 0 Å². The van der Waals surface area contributed by atoms with Gasteiger partial charge in [-0.15, -0.1) is 11.3 Å². The maximum Gasteiger partial charge on any atom is 0.433 e. The fraction of sp³-hybridized carbons (Fsp3) is 0.208. The Morgan fingerprint density at radius 3 is 2.39 bits per heavy atom. The van der Waals surface area contributed by atoms with Crippen LogP contribution in [0.4, 0.5) is 18.9 Å². The Morgan fingerprint density at radius 1 is 1.11 bits per heavy atom. The van der Waals surface area contributed by atoms with E-state index in [-0.39, 0.29) is 38.7 Å². The first-order valence-corrected chi connectivity index (χ1v) is 11.4. The molecule has 188 valence electrons. The molecule has 8 nitrogen and oxygen atoms in total. The number of amides is 2. The number of nitrogens with zero attached hydrogens (tertiary/aromatic N) is 1. The Balaban J connectivity index is 1.53. The van der Waals surface area contributed by atoms with Gasteiger partial charge in [-0.1, -0.05) is 0 Å². The molecule has 0 fully saturated rings. The van der Waals surface area contributed by atoms with Crippen molar-refractivity contribution in [3.05, 3.63) is 70.1 Å². The molecule has 2 amide bonds. The number of alkyl halides is 3. The number of benzene rings is 1. The number of aromatic nitrogens is 1. The molecule has 0 radical (unpaired) electrons. The Labute approximate surface area is 206 Å². The second-order valence-electron chi connectivity index (χ2n) is 7.59. The molecule has 0 saturated carbocycles. The third kappa shape index (κ3) is 5.28. The van der Waals surface area contributed by atoms with E-state index in [9.17, 15) is 22.8 Å². The van der Waals surface area contributed by atoms with E-state index in [1.165, 1.54) is 13.0 Å². The van der Waals surface area contributed by atoms with Gasteiger partial charge in [0.2, 0.25) is 0 Å². The lowest BCUT2D eigenvalue weighted by Gasteiger charge is -2.09. The van der Waals surface area contributed by atoms with Crippen molar-refractivity contribution in [2.24, 2.45) is 5.73 Å². The van der Waals surface area contributed by atoms with Crippen LogP contribution in [0, 0.1) is 6.92 Å². The molecule has 0 unspecified atom stereocenters. The largest absolute Gasteiger partial charge is 0.494 e. The Bertz CT molecular complexity index is 1430. The topological polar surface area (TPSA) is 117 Å². The first-order chi connectivity index (χ1) is 17.1. The Kier molecular flexibility index (Phi) is 6.88. The van der Waals surface area contributed by atoms with E-state index < -0.39 is 23.7 Å². The number of fused-ring (bicyclic) bond motifs is 1. The number of anilines is 1. The third-order valence-corrected chi connectivity index (χ3v) is 6.11. The molecule has 0 atom stereocenters. The van der Waals surface area contributed by atoms with Crippen LogP contribution in [0.2, 0.25) is 0 Å². The molecule has 0 aliphatic heterocycles. The van der Waals surface area contributed by atoms with E-state index in [1.54, 1.807) is 30.3 Å². The van der Waals surface area contributed by atoms with Crippen LogP contribution >= 0.6 is 11.3 Å². The quantitative estimate of drug-likeness (QED) is 0.316. The van der Waals surface area contributed by atoms with Crippen LogP contribution in [0.25, 0.3) is 10.2 Å². The number of aryl methyl sites for hydroxylation is 1. The van der Waals surface area contributed by atoms with Crippen LogP contribution in [-0.4, -0.2) is 23.4 Å². The van der Waals surface area contributed by atoms with Crippen molar-refractivity contribution in [3.63, 3.8) is 0 Å². The lowest BCUT2D eigenvalue weighted by atomic mass is 10.1. The third-order valence-electron chi connectivity index (χ3n) is 5.01. The smallest absolute Gasteiger partial charge is 0.433 e. The molecule has 4 rings (SSSR count). The van der Waals surface area contributed by atoms with Crippen LogP contribution in [0.1, 0.15) is 44.2 Å². The van der Waals surface area contributed by atoms with Gasteiger partial charge in [0.25, 0.3) is 11.8 Å². The summed E-state index contributed by atoms with van der Waals surface area (Å²) in [6.45, 7) is 3.89. The highest BCUT2D eigenvalue weighted by Crippen LogP contribution is 2.40. The van der Waals surface area contributed by atoms with Crippen molar-refractivity contribution < 1.29 is 36.7 Å². The number of pyridine rings is 1. The highest BCUT2D eigenvalue weighted by Gasteiger charge is 2.34. The predicted octanol–water partition coefficient (Wildman–Crippen LogP) is 5.55. The Morgan fingerprint density at radius 2 is 1.78 bits per heavy atom. The first kappa shape index (κ1) is 25.0. The summed E-state index contributed by atoms with van der Waals surface area (Å²) < 4.78 is 56.1. The molecular formula is C24H20F3N3O5S. The number of primary amides is 1. The molecule has 4 aromatic rings. The fourth-order valence-electron chi connectivity index (χ4n) is 3.43. The van der Waals surface area contributed by atoms with Crippen molar-refractivity contribution in [2.75, 3.05) is 11.9 Å². The number of rotatable bonds is 8. The van der Waals surface area contributed by atoms with E-state index in [0.717, 1.165) is 6.07 Å². The molecule has 3 N–H and O–H groups in total. The molecule has 3 aromatic heterocycles. The SMILES string of the molecule is CCOc1ccc(OCc2ccc(C(=O)Nc3c(C(N)=O)sc4nc(C(F)(F)F)cc(C)c34)o2)cc1. The van der Waals surface area contributed by atoms with Crippen molar-refractivity contribution >= 4 is 39.1 Å². The molecule has 3 heterocycles. The summed E-state index contributed by atoms with van der Waals surface area (Å²) in [6, 6.07) is 10.8. The lowest BCUT2D eigenvalue weighted by molar-refractivity contribution is -0.141. The van der Waals surface area contributed by atoms with Crippen molar-refractivity contribution in [2.45, 2.75) is 26.6 Å². The molecular weight excluding hydrogens is 499 g/mol. The Hall–Kier alpha value is -4.06. The zero-order valence-corrected chi connectivity index (χ0v) is 19.9. The zero-order chi connectivity index (χ0) is 26.0. The maximum absolute atomic E-state index is 13.2. The van der Waals surface area contributed by atoms with Crippen molar-refractivity contribution in [1.29, 1.82) is 0 Å². The normalized spacial score (nSPS) is 11.5. The number of nitrogens with two attached hydrogens (primary N) is 1. The second-order valence-corrected chi connectivity index (χ2v) is 8.58. The summed E-state index contributed by atoms with van der Waals surface area (Å²) in [5.41, 5.74) is 4.47. The summed E-state index contributed by atoms with van der Waals surface area (Å²) in [5.74, 6) is -0.0930. The van der Waals surface area contributed by atoms with E-state index in [0.29, 0.717) is 35.2 Å². The van der Waals surface area contributed by atoms with E-state index in [4.69, 9.17) is 19.6 Å². The number of nitrogens with one attached hydrogen (secondary N) is 1. The van der Waals surface area contributed by atoms with Gasteiger partial charge in [0.15, 0.2) is 5.76 Å². The number of ether oxygens (including phenoxy) is 2. The summed E-state index contributed by atoms with van der Waals surface area (Å²) in [4.78, 5) is 28.2. The molecule has 0 aliphatic rings. The molecule has 12 heteroatoms. The van der Waals surface area contributed by atoms with Gasteiger partial charge in [0.1, 0.15) is 39.3 Å². The van der Waals surface area contributed by atoms with Crippen LogP contribution in [0.15, 0.2) is 46.9 Å². The molecule has 36 heavy (non-hydrogen) atoms. The van der Waals surface area contributed by atoms with Crippen molar-refractivity contribution in [3.8, 4) is 11.5 Å². The monoisotopic (exact) mass is 519 g/mol. The van der Waals surface area contributed by atoms with E-state index in [1.807, 2.05) is 6.92 Å². The van der Waals surface area contributed by atoms with Gasteiger partial charge in [-0.2, -0.15) is 13.2 Å². The zero-order valence-electron chi connectivity index (χ0n) is 19.1. The van der Waals surface area contributed by atoms with Crippen LogP contribution in [0.5, 0.6) is 11.5 Å². The van der Waals surface area contributed by atoms with Gasteiger partial charge < -0.3 is 24.9 Å². The standard InChI is InChI=1S/C24H20F3N3O5S/c1-3-33-13-4-6-14(7-5-13)34-11-15-8-9-16(35-15)22(32)30-19-18-12(2)10-17(24(25,26)27)29-23(18)36-20(19)21(28)31/h4-10H,3,11H2,1-2H3,(H2,28,31)(H,30,32). The minimum atomic E-state index is -4.67. The summed E-state index contributed by atoms with van der Waals surface area (Å²) in [7, 11) is 0. The van der Waals surface area contributed by atoms with E-state index >= 15 is 0 Å². The number of halogens is 3. The molecule has 0 bridgehead atoms. The number of thiophene rings is 1. The van der Waals surface area contributed by atoms with Gasteiger partial charge in [-0.05, 0) is 61.9 Å². The van der Waals surface area contributed by atoms with Gasteiger partial charge in [0.05, 0.1) is 12.3 Å². The minimum Gasteiger partial charge on any atom is -0.494 e. The lowest BCUT2D eigenvalue weighted by Crippen LogP contribution is -2.16. The van der Waals surface area contributed by atoms with Crippen LogP contribution < -0.4 is 20.5 Å². The minimum absolute atomic E-state index is 0.0187. The van der Waals surface area contributed by atoms with Crippen molar-refractivity contribution in [1.82, 2.24) is 4.98 Å². The summed E-state index contributed by atoms with van der Waals surface area (Å²) in [6.07, 6.45) is -4.67. The summed E-state index contributed by atoms with van der Waals surface area (Å²) in [5, 5.41) is 2.73. The van der Waals surface area contributed by atoms with Gasteiger partial charge in [0, 0.05) is 5.39 Å². The maximum atomic E-state index is 13.2. The average molecular weight is 520 g/mol. The summed E-state index contributed by atoms with van der Waals surface area (Å²) >= 11 is 0.669. The highest BCUT2D eigenvalue weighted by molar-refractivity contribution is 7.21. The number of carbonyl (C=O) groups excluding carboxylic acids is 2. The average Bonchev–Trinajstić information content (AvgIpc) is 3.44. The van der Waals surface area contributed by atoms with E-state index in [2.05, 4.69) is 10.3 Å². The highest BCUT2D eigenvalue weighted by atomic mass is 32.1. The number of furan rings is 1. The van der Waals surface area contributed by atoms with Crippen LogP contribution in [-0.2, 0) is 12.8 Å².